The van der Waals surface area contributed by atoms with Crippen molar-refractivity contribution >= 4 is 5.97 Å². The molecule has 16 heavy (non-hydrogen) atoms. The van der Waals surface area contributed by atoms with E-state index in [9.17, 15) is 4.79 Å². The van der Waals surface area contributed by atoms with E-state index in [1.165, 1.54) is 6.42 Å². The number of hydrogen-bond acceptors (Lipinski definition) is 3. The summed E-state index contributed by atoms with van der Waals surface area (Å²) in [6, 6.07) is 0. The van der Waals surface area contributed by atoms with Crippen LogP contribution in [0.1, 0.15) is 20.3 Å². The smallest absolute Gasteiger partial charge is 0.309 e. The lowest BCUT2D eigenvalue weighted by Gasteiger charge is -2.23. The van der Waals surface area contributed by atoms with Crippen LogP contribution < -0.4 is 0 Å². The van der Waals surface area contributed by atoms with Crippen molar-refractivity contribution < 1.29 is 14.3 Å². The number of rotatable bonds is 3. The Morgan fingerprint density at radius 1 is 1.44 bits per heavy atom. The molecule has 3 nitrogen and oxygen atoms in total. The van der Waals surface area contributed by atoms with E-state index in [-0.39, 0.29) is 11.9 Å². The van der Waals surface area contributed by atoms with Crippen LogP contribution in [0.5, 0.6) is 0 Å². The number of hydrogen-bond donors (Lipinski definition) is 0. The van der Waals surface area contributed by atoms with Crippen LogP contribution >= 0.6 is 0 Å². The number of carbonyl (C=O) groups excluding carboxylic acids is 1. The second kappa shape index (κ2) is 3.59. The molecule has 88 valence electrons. The maximum atomic E-state index is 12.0. The summed E-state index contributed by atoms with van der Waals surface area (Å²) in [4.78, 5) is 12.0. The van der Waals surface area contributed by atoms with Crippen LogP contribution in [-0.2, 0) is 14.3 Å². The minimum absolute atomic E-state index is 0.0212. The summed E-state index contributed by atoms with van der Waals surface area (Å²) in [5.74, 6) is 1.54. The first kappa shape index (κ1) is 10.3. The third-order valence-corrected chi connectivity index (χ3v) is 4.48. The zero-order valence-corrected chi connectivity index (χ0v) is 9.76. The molecule has 2 aliphatic carbocycles. The van der Waals surface area contributed by atoms with E-state index in [1.54, 1.807) is 0 Å². The monoisotopic (exact) mass is 222 g/mol. The molecule has 3 aliphatic rings. The topological polar surface area (TPSA) is 38.8 Å². The predicted molar refractivity (Wildman–Crippen MR) is 58.7 cm³/mol. The fraction of sp³-hybridized carbons (Fsp3) is 0.769. The minimum Gasteiger partial charge on any atom is -0.461 e. The molecule has 2 bridgehead atoms. The highest BCUT2D eigenvalue weighted by Crippen LogP contribution is 2.61. The molecule has 1 aliphatic heterocycles. The summed E-state index contributed by atoms with van der Waals surface area (Å²) in [6.07, 6.45) is 5.78. The van der Waals surface area contributed by atoms with Crippen LogP contribution in [0.25, 0.3) is 0 Å². The van der Waals surface area contributed by atoms with Crippen molar-refractivity contribution in [1.29, 1.82) is 0 Å². The quantitative estimate of drug-likeness (QED) is 0.415. The highest BCUT2D eigenvalue weighted by molar-refractivity contribution is 5.74. The van der Waals surface area contributed by atoms with Gasteiger partial charge in [0.15, 0.2) is 0 Å². The Morgan fingerprint density at radius 2 is 2.19 bits per heavy atom. The minimum atomic E-state index is -0.0212. The fourth-order valence-electron chi connectivity index (χ4n) is 3.64. The molecule has 6 atom stereocenters. The van der Waals surface area contributed by atoms with E-state index in [1.807, 2.05) is 19.1 Å². The van der Waals surface area contributed by atoms with Gasteiger partial charge in [-0.3, -0.25) is 4.79 Å². The highest BCUT2D eigenvalue weighted by Gasteiger charge is 2.67. The molecule has 0 spiro atoms. The van der Waals surface area contributed by atoms with Crippen molar-refractivity contribution in [3.63, 3.8) is 0 Å². The molecule has 3 rings (SSSR count). The first-order valence-corrected chi connectivity index (χ1v) is 6.17. The Labute approximate surface area is 95.8 Å². The van der Waals surface area contributed by atoms with E-state index in [0.29, 0.717) is 36.6 Å². The van der Waals surface area contributed by atoms with Crippen LogP contribution in [-0.4, -0.2) is 24.8 Å². The molecule has 1 saturated heterocycles. The van der Waals surface area contributed by atoms with E-state index in [0.717, 1.165) is 0 Å². The largest absolute Gasteiger partial charge is 0.461 e. The number of ether oxygens (including phenoxy) is 2. The van der Waals surface area contributed by atoms with Crippen LogP contribution in [0.4, 0.5) is 0 Å². The summed E-state index contributed by atoms with van der Waals surface area (Å²) in [7, 11) is 0. The average molecular weight is 222 g/mol. The van der Waals surface area contributed by atoms with Gasteiger partial charge in [-0.1, -0.05) is 19.1 Å². The molecule has 0 aromatic carbocycles. The molecular formula is C13H18O3. The molecule has 6 unspecified atom stereocenters. The molecular weight excluding hydrogens is 204 g/mol. The lowest BCUT2D eigenvalue weighted by atomic mass is 9.80. The van der Waals surface area contributed by atoms with E-state index in [4.69, 9.17) is 9.47 Å². The zero-order valence-electron chi connectivity index (χ0n) is 9.76. The molecule has 1 heterocycles. The van der Waals surface area contributed by atoms with Gasteiger partial charge in [0.1, 0.15) is 6.61 Å². The second-order valence-corrected chi connectivity index (χ2v) is 5.21. The molecule has 0 radical (unpaired) electrons. The van der Waals surface area contributed by atoms with Crippen LogP contribution in [0, 0.1) is 23.7 Å². The Hall–Kier alpha value is -0.830. The van der Waals surface area contributed by atoms with E-state index in [2.05, 4.69) is 6.92 Å². The first-order chi connectivity index (χ1) is 7.74. The third-order valence-electron chi connectivity index (χ3n) is 4.48. The Bertz CT molecular complexity index is 336. The van der Waals surface area contributed by atoms with E-state index < -0.39 is 0 Å². The van der Waals surface area contributed by atoms with Crippen molar-refractivity contribution in [3.05, 3.63) is 12.2 Å². The predicted octanol–water partition coefficient (Wildman–Crippen LogP) is 1.78. The molecule has 0 N–H and O–H groups in total. The van der Waals surface area contributed by atoms with Gasteiger partial charge in [0.25, 0.3) is 0 Å². The van der Waals surface area contributed by atoms with Gasteiger partial charge in [-0.05, 0) is 25.2 Å². The SMILES string of the molecule is CC=CCOC(=O)C1C(C)C2CC1C1OC21. The molecule has 0 aromatic rings. The number of epoxide rings is 1. The third kappa shape index (κ3) is 1.34. The molecule has 0 amide bonds. The summed E-state index contributed by atoms with van der Waals surface area (Å²) in [6.45, 7) is 4.51. The van der Waals surface area contributed by atoms with Crippen LogP contribution in [0.15, 0.2) is 12.2 Å². The summed E-state index contributed by atoms with van der Waals surface area (Å²) < 4.78 is 10.9. The van der Waals surface area contributed by atoms with Crippen molar-refractivity contribution in [1.82, 2.24) is 0 Å². The Morgan fingerprint density at radius 3 is 2.88 bits per heavy atom. The summed E-state index contributed by atoms with van der Waals surface area (Å²) in [5.41, 5.74) is 0. The maximum absolute atomic E-state index is 12.0. The average Bonchev–Trinajstić information content (AvgIpc) is 2.89. The molecule has 3 fully saturated rings. The van der Waals surface area contributed by atoms with Crippen molar-refractivity contribution in [2.24, 2.45) is 23.7 Å². The van der Waals surface area contributed by atoms with Crippen molar-refractivity contribution in [2.75, 3.05) is 6.61 Å². The highest BCUT2D eigenvalue weighted by atomic mass is 16.6. The van der Waals surface area contributed by atoms with Crippen molar-refractivity contribution in [2.45, 2.75) is 32.5 Å². The van der Waals surface area contributed by atoms with Gasteiger partial charge < -0.3 is 9.47 Å². The van der Waals surface area contributed by atoms with Crippen LogP contribution in [0.3, 0.4) is 0 Å². The van der Waals surface area contributed by atoms with Gasteiger partial charge in [0.2, 0.25) is 0 Å². The van der Waals surface area contributed by atoms with Crippen molar-refractivity contribution in [3.8, 4) is 0 Å². The lowest BCUT2D eigenvalue weighted by Crippen LogP contribution is -2.33. The van der Waals surface area contributed by atoms with Gasteiger partial charge in [-0.15, -0.1) is 0 Å². The molecule has 2 saturated carbocycles. The normalized spacial score (nSPS) is 48.4. The maximum Gasteiger partial charge on any atom is 0.309 e. The van der Waals surface area contributed by atoms with Gasteiger partial charge >= 0.3 is 5.97 Å². The number of fused-ring (bicyclic) bond motifs is 5. The Balaban J connectivity index is 1.64. The van der Waals surface area contributed by atoms with E-state index >= 15 is 0 Å². The van der Waals surface area contributed by atoms with Gasteiger partial charge in [0, 0.05) is 5.92 Å². The zero-order chi connectivity index (χ0) is 11.3. The standard InChI is InChI=1S/C13H18O3/c1-3-4-5-15-13(14)10-7(2)8-6-9(10)12-11(8)16-12/h3-4,7-12H,5-6H2,1-2H3. The second-order valence-electron chi connectivity index (χ2n) is 5.21. The first-order valence-electron chi connectivity index (χ1n) is 6.17. The van der Waals surface area contributed by atoms with Gasteiger partial charge in [-0.2, -0.15) is 0 Å². The van der Waals surface area contributed by atoms with Gasteiger partial charge in [-0.25, -0.2) is 0 Å². The molecule has 0 aromatic heterocycles. The lowest BCUT2D eigenvalue weighted by molar-refractivity contribution is -0.150. The summed E-state index contributed by atoms with van der Waals surface area (Å²) >= 11 is 0. The summed E-state index contributed by atoms with van der Waals surface area (Å²) in [5, 5.41) is 0. The fourth-order valence-corrected chi connectivity index (χ4v) is 3.64. The number of carbonyl (C=O) groups is 1. The molecule has 3 heteroatoms. The van der Waals surface area contributed by atoms with Crippen LogP contribution in [0.2, 0.25) is 0 Å². The number of esters is 1. The van der Waals surface area contributed by atoms with Gasteiger partial charge in [0.05, 0.1) is 18.1 Å². The Kier molecular flexibility index (Phi) is 2.32. The number of allylic oxidation sites excluding steroid dienone is 1.